The molecular weight excluding hydrogens is 182 g/mol. The molecular formula is C8H13N5O. The van der Waals surface area contributed by atoms with Crippen LogP contribution in [0.5, 0.6) is 0 Å². The monoisotopic (exact) mass is 195 g/mol. The summed E-state index contributed by atoms with van der Waals surface area (Å²) in [5, 5.41) is 5.61. The van der Waals surface area contributed by atoms with Gasteiger partial charge in [-0.05, 0) is 6.92 Å². The zero-order chi connectivity index (χ0) is 10.3. The average Bonchev–Trinajstić information content (AvgIpc) is 2.14. The third-order valence-corrected chi connectivity index (χ3v) is 2.48. The molecule has 0 radical (unpaired) electrons. The van der Waals surface area contributed by atoms with Gasteiger partial charge in [0.1, 0.15) is 5.84 Å². The molecule has 1 fully saturated rings. The van der Waals surface area contributed by atoms with Gasteiger partial charge in [0.2, 0.25) is 0 Å². The lowest BCUT2D eigenvalue weighted by Crippen LogP contribution is -2.75. The topological polar surface area (TPSA) is 82.8 Å². The van der Waals surface area contributed by atoms with Gasteiger partial charge in [0.15, 0.2) is 11.8 Å². The van der Waals surface area contributed by atoms with Crippen LogP contribution in [0, 0.1) is 0 Å². The highest BCUT2D eigenvalue weighted by Gasteiger charge is 2.42. The van der Waals surface area contributed by atoms with Gasteiger partial charge in [-0.25, -0.2) is 4.99 Å². The van der Waals surface area contributed by atoms with Crippen molar-refractivity contribution in [2.24, 2.45) is 10.7 Å². The molecule has 2 unspecified atom stereocenters. The third kappa shape index (κ3) is 1.15. The summed E-state index contributed by atoms with van der Waals surface area (Å²) in [5.41, 5.74) is 5.88. The number of likely N-dealkylation sites (N-methyl/N-ethyl adjacent to an activating group) is 1. The van der Waals surface area contributed by atoms with Gasteiger partial charge in [0.05, 0.1) is 0 Å². The van der Waals surface area contributed by atoms with E-state index < -0.39 is 11.8 Å². The molecule has 4 N–H and O–H groups in total. The molecule has 0 aromatic carbocycles. The van der Waals surface area contributed by atoms with Crippen molar-refractivity contribution in [2.75, 3.05) is 7.05 Å². The second kappa shape index (κ2) is 2.71. The largest absolute Gasteiger partial charge is 0.372 e. The van der Waals surface area contributed by atoms with E-state index in [4.69, 9.17) is 5.73 Å². The molecule has 2 atom stereocenters. The van der Waals surface area contributed by atoms with E-state index in [-0.39, 0.29) is 5.91 Å². The fourth-order valence-corrected chi connectivity index (χ4v) is 1.52. The van der Waals surface area contributed by atoms with Gasteiger partial charge in [0, 0.05) is 19.4 Å². The summed E-state index contributed by atoms with van der Waals surface area (Å²) in [5.74, 6) is -0.392. The first-order valence-electron chi connectivity index (χ1n) is 4.36. The maximum absolute atomic E-state index is 11.6. The lowest BCUT2D eigenvalue weighted by atomic mass is 10.1. The van der Waals surface area contributed by atoms with Crippen LogP contribution in [0.3, 0.4) is 0 Å². The number of nitrogens with two attached hydrogens (primary N) is 1. The zero-order valence-electron chi connectivity index (χ0n) is 8.11. The van der Waals surface area contributed by atoms with Crippen molar-refractivity contribution >= 4 is 11.7 Å². The fourth-order valence-electron chi connectivity index (χ4n) is 1.52. The first-order chi connectivity index (χ1) is 6.52. The van der Waals surface area contributed by atoms with Crippen LogP contribution in [-0.4, -0.2) is 35.5 Å². The third-order valence-electron chi connectivity index (χ3n) is 2.48. The Labute approximate surface area is 81.8 Å². The van der Waals surface area contributed by atoms with E-state index in [9.17, 15) is 4.79 Å². The quantitative estimate of drug-likeness (QED) is 0.440. The van der Waals surface area contributed by atoms with E-state index in [0.717, 1.165) is 0 Å². The smallest absolute Gasteiger partial charge is 0.253 e. The Bertz CT molecular complexity index is 333. The number of fused-ring (bicyclic) bond motifs is 1. The lowest BCUT2D eigenvalue weighted by molar-refractivity contribution is -0.126. The maximum atomic E-state index is 11.6. The van der Waals surface area contributed by atoms with Crippen LogP contribution >= 0.6 is 0 Å². The van der Waals surface area contributed by atoms with Crippen molar-refractivity contribution in [3.63, 3.8) is 0 Å². The van der Waals surface area contributed by atoms with Crippen LogP contribution in [0.4, 0.5) is 0 Å². The van der Waals surface area contributed by atoms with Crippen LogP contribution in [-0.2, 0) is 4.79 Å². The number of carbonyl (C=O) groups excluding carboxylic acids is 1. The van der Waals surface area contributed by atoms with Gasteiger partial charge in [-0.2, -0.15) is 0 Å². The molecule has 0 bridgehead atoms. The molecule has 2 aliphatic heterocycles. The van der Waals surface area contributed by atoms with Crippen molar-refractivity contribution in [1.29, 1.82) is 0 Å². The molecule has 1 amide bonds. The number of carbonyl (C=O) groups is 1. The Kier molecular flexibility index (Phi) is 1.75. The highest BCUT2D eigenvalue weighted by molar-refractivity contribution is 6.10. The van der Waals surface area contributed by atoms with E-state index in [1.165, 1.54) is 0 Å². The minimum absolute atomic E-state index is 0.156. The second-order valence-electron chi connectivity index (χ2n) is 3.60. The van der Waals surface area contributed by atoms with E-state index in [2.05, 4.69) is 15.6 Å². The first kappa shape index (κ1) is 9.01. The van der Waals surface area contributed by atoms with E-state index in [1.807, 2.05) is 0 Å². The lowest BCUT2D eigenvalue weighted by Gasteiger charge is -2.45. The Balaban J connectivity index is 2.38. The summed E-state index contributed by atoms with van der Waals surface area (Å²) in [6.07, 6.45) is 3.25. The summed E-state index contributed by atoms with van der Waals surface area (Å²) in [7, 11) is 1.80. The molecule has 2 rings (SSSR count). The molecule has 76 valence electrons. The molecule has 6 heteroatoms. The SMILES string of the molecule is CN1C2=NC=CNC2C(=O)NC1(C)N. The van der Waals surface area contributed by atoms with Crippen LogP contribution in [0.25, 0.3) is 0 Å². The molecule has 0 spiro atoms. The number of amidine groups is 1. The fraction of sp³-hybridized carbons (Fsp3) is 0.500. The van der Waals surface area contributed by atoms with Crippen LogP contribution < -0.4 is 16.4 Å². The van der Waals surface area contributed by atoms with Crippen molar-refractivity contribution in [3.05, 3.63) is 12.4 Å². The molecule has 0 saturated carbocycles. The van der Waals surface area contributed by atoms with Crippen molar-refractivity contribution in [2.45, 2.75) is 18.8 Å². The summed E-state index contributed by atoms with van der Waals surface area (Å²) < 4.78 is 0. The van der Waals surface area contributed by atoms with E-state index >= 15 is 0 Å². The molecule has 6 nitrogen and oxygen atoms in total. The molecule has 0 aliphatic carbocycles. The minimum atomic E-state index is -0.876. The Hall–Kier alpha value is -1.56. The van der Waals surface area contributed by atoms with Gasteiger partial charge < -0.3 is 15.5 Å². The van der Waals surface area contributed by atoms with Crippen molar-refractivity contribution < 1.29 is 4.79 Å². The van der Waals surface area contributed by atoms with E-state index in [1.54, 1.807) is 31.3 Å². The number of rotatable bonds is 0. The molecule has 1 saturated heterocycles. The number of nitrogens with one attached hydrogen (secondary N) is 2. The summed E-state index contributed by atoms with van der Waals surface area (Å²) in [4.78, 5) is 17.5. The van der Waals surface area contributed by atoms with Crippen LogP contribution in [0.2, 0.25) is 0 Å². The van der Waals surface area contributed by atoms with Gasteiger partial charge >= 0.3 is 0 Å². The highest BCUT2D eigenvalue weighted by Crippen LogP contribution is 2.14. The normalized spacial score (nSPS) is 35.6. The number of hydrogen-bond acceptors (Lipinski definition) is 5. The summed E-state index contributed by atoms with van der Waals surface area (Å²) in [6.45, 7) is 1.72. The second-order valence-corrected chi connectivity index (χ2v) is 3.60. The zero-order valence-corrected chi connectivity index (χ0v) is 8.11. The molecule has 0 aromatic heterocycles. The predicted octanol–water partition coefficient (Wildman–Crippen LogP) is -1.48. The number of hydrogen-bond donors (Lipinski definition) is 3. The standard InChI is InChI=1S/C8H13N5O/c1-8(9)12-7(14)5-6(13(8)2)11-4-3-10-5/h3-5,10H,9H2,1-2H3,(H,12,14). The Morgan fingerprint density at radius 2 is 2.43 bits per heavy atom. The molecule has 14 heavy (non-hydrogen) atoms. The molecule has 2 aliphatic rings. The van der Waals surface area contributed by atoms with Crippen molar-refractivity contribution in [3.8, 4) is 0 Å². The number of aliphatic imine (C=N–C) groups is 1. The minimum Gasteiger partial charge on any atom is -0.372 e. The maximum Gasteiger partial charge on any atom is 0.253 e. The Morgan fingerprint density at radius 1 is 1.71 bits per heavy atom. The molecule has 2 heterocycles. The van der Waals surface area contributed by atoms with Crippen LogP contribution in [0.1, 0.15) is 6.92 Å². The Morgan fingerprint density at radius 3 is 3.14 bits per heavy atom. The molecule has 0 aromatic rings. The van der Waals surface area contributed by atoms with Gasteiger partial charge in [0.25, 0.3) is 5.91 Å². The summed E-state index contributed by atoms with van der Waals surface area (Å²) in [6, 6.07) is -0.429. The van der Waals surface area contributed by atoms with Crippen LogP contribution in [0.15, 0.2) is 17.4 Å². The van der Waals surface area contributed by atoms with Gasteiger partial charge in [-0.15, -0.1) is 0 Å². The first-order valence-corrected chi connectivity index (χ1v) is 4.36. The number of amides is 1. The summed E-state index contributed by atoms with van der Waals surface area (Å²) >= 11 is 0. The average molecular weight is 195 g/mol. The number of nitrogens with zero attached hydrogens (tertiary/aromatic N) is 2. The van der Waals surface area contributed by atoms with Gasteiger partial charge in [-0.3, -0.25) is 10.5 Å². The van der Waals surface area contributed by atoms with Crippen molar-refractivity contribution in [1.82, 2.24) is 15.5 Å². The predicted molar refractivity (Wildman–Crippen MR) is 52.0 cm³/mol. The van der Waals surface area contributed by atoms with Gasteiger partial charge in [-0.1, -0.05) is 0 Å². The highest BCUT2D eigenvalue weighted by atomic mass is 16.2. The van der Waals surface area contributed by atoms with E-state index in [0.29, 0.717) is 5.84 Å².